The normalized spacial score (nSPS) is 15.0. The van der Waals surface area contributed by atoms with Gasteiger partial charge in [0.25, 0.3) is 5.91 Å². The standard InChI is InChI=1S/C21H32N4O4/c1-4-22-21(25-14-10-17(11-15-25)20(27)29-5-2)24-13-12-23-19(26)16-6-8-18(28-3)9-7-16/h6-9,17H,4-5,10-15H2,1-3H3,(H,22,24)(H,23,26). The van der Waals surface area contributed by atoms with Crippen molar-refractivity contribution in [2.24, 2.45) is 10.9 Å². The van der Waals surface area contributed by atoms with Crippen molar-refractivity contribution in [3.63, 3.8) is 0 Å². The van der Waals surface area contributed by atoms with Crippen LogP contribution in [-0.2, 0) is 9.53 Å². The molecule has 1 saturated heterocycles. The molecule has 2 rings (SSSR count). The maximum atomic E-state index is 12.2. The Bertz CT molecular complexity index is 682. The lowest BCUT2D eigenvalue weighted by molar-refractivity contribution is -0.149. The number of esters is 1. The molecule has 160 valence electrons. The van der Waals surface area contributed by atoms with E-state index in [0.29, 0.717) is 31.0 Å². The molecule has 0 spiro atoms. The third-order valence-corrected chi connectivity index (χ3v) is 4.76. The number of ether oxygens (including phenoxy) is 2. The van der Waals surface area contributed by atoms with Crippen LogP contribution in [0.25, 0.3) is 0 Å². The number of rotatable bonds is 8. The van der Waals surface area contributed by atoms with Gasteiger partial charge in [-0.25, -0.2) is 0 Å². The van der Waals surface area contributed by atoms with Crippen LogP contribution in [-0.4, -0.2) is 69.2 Å². The number of guanidine groups is 1. The van der Waals surface area contributed by atoms with Crippen LogP contribution in [0.3, 0.4) is 0 Å². The molecule has 0 bridgehead atoms. The molecule has 1 heterocycles. The highest BCUT2D eigenvalue weighted by Gasteiger charge is 2.27. The van der Waals surface area contributed by atoms with E-state index in [1.807, 2.05) is 13.8 Å². The Morgan fingerprint density at radius 2 is 1.83 bits per heavy atom. The molecule has 29 heavy (non-hydrogen) atoms. The van der Waals surface area contributed by atoms with Gasteiger partial charge in [-0.15, -0.1) is 0 Å². The quantitative estimate of drug-likeness (QED) is 0.296. The number of hydrogen-bond donors (Lipinski definition) is 2. The summed E-state index contributed by atoms with van der Waals surface area (Å²) in [4.78, 5) is 30.9. The third-order valence-electron chi connectivity index (χ3n) is 4.76. The summed E-state index contributed by atoms with van der Waals surface area (Å²) in [5, 5.41) is 6.17. The number of likely N-dealkylation sites (tertiary alicyclic amines) is 1. The fraction of sp³-hybridized carbons (Fsp3) is 0.571. The average molecular weight is 405 g/mol. The Morgan fingerprint density at radius 1 is 1.14 bits per heavy atom. The molecule has 0 unspecified atom stereocenters. The number of piperidine rings is 1. The number of aliphatic imine (C=N–C) groups is 1. The lowest BCUT2D eigenvalue weighted by atomic mass is 9.97. The van der Waals surface area contributed by atoms with E-state index in [-0.39, 0.29) is 17.8 Å². The predicted octanol–water partition coefficient (Wildman–Crippen LogP) is 1.67. The molecular formula is C21H32N4O4. The molecule has 0 aliphatic carbocycles. The monoisotopic (exact) mass is 404 g/mol. The first-order chi connectivity index (χ1) is 14.1. The maximum Gasteiger partial charge on any atom is 0.309 e. The summed E-state index contributed by atoms with van der Waals surface area (Å²) in [7, 11) is 1.59. The Labute approximate surface area is 172 Å². The van der Waals surface area contributed by atoms with Crippen molar-refractivity contribution in [3.05, 3.63) is 29.8 Å². The highest BCUT2D eigenvalue weighted by Crippen LogP contribution is 2.18. The van der Waals surface area contributed by atoms with E-state index in [1.165, 1.54) is 0 Å². The van der Waals surface area contributed by atoms with Crippen molar-refractivity contribution in [2.45, 2.75) is 26.7 Å². The van der Waals surface area contributed by atoms with Gasteiger partial charge in [-0.1, -0.05) is 0 Å². The van der Waals surface area contributed by atoms with Crippen LogP contribution < -0.4 is 15.4 Å². The van der Waals surface area contributed by atoms with E-state index in [9.17, 15) is 9.59 Å². The first-order valence-corrected chi connectivity index (χ1v) is 10.2. The van der Waals surface area contributed by atoms with Crippen LogP contribution in [0.5, 0.6) is 5.75 Å². The summed E-state index contributed by atoms with van der Waals surface area (Å²) in [5.41, 5.74) is 0.586. The summed E-state index contributed by atoms with van der Waals surface area (Å²) in [5.74, 6) is 1.26. The van der Waals surface area contributed by atoms with E-state index in [2.05, 4.69) is 20.5 Å². The van der Waals surface area contributed by atoms with Gasteiger partial charge in [0, 0.05) is 31.7 Å². The number of carbonyl (C=O) groups excluding carboxylic acids is 2. The molecule has 1 fully saturated rings. The summed E-state index contributed by atoms with van der Waals surface area (Å²) in [6.07, 6.45) is 1.52. The predicted molar refractivity (Wildman–Crippen MR) is 112 cm³/mol. The lowest BCUT2D eigenvalue weighted by Gasteiger charge is -2.33. The van der Waals surface area contributed by atoms with Gasteiger partial charge in [-0.2, -0.15) is 0 Å². The smallest absolute Gasteiger partial charge is 0.309 e. The van der Waals surface area contributed by atoms with Crippen molar-refractivity contribution in [1.29, 1.82) is 0 Å². The molecule has 1 aromatic rings. The van der Waals surface area contributed by atoms with E-state index in [4.69, 9.17) is 9.47 Å². The largest absolute Gasteiger partial charge is 0.497 e. The molecule has 1 aliphatic rings. The van der Waals surface area contributed by atoms with Crippen LogP contribution in [0.15, 0.2) is 29.3 Å². The molecule has 2 N–H and O–H groups in total. The van der Waals surface area contributed by atoms with Gasteiger partial charge in [0.05, 0.1) is 26.2 Å². The SMILES string of the molecule is CCNC(=NCCNC(=O)c1ccc(OC)cc1)N1CCC(C(=O)OCC)CC1. The highest BCUT2D eigenvalue weighted by atomic mass is 16.5. The Hall–Kier alpha value is -2.77. The zero-order chi connectivity index (χ0) is 21.1. The molecule has 0 atom stereocenters. The molecule has 1 amide bonds. The van der Waals surface area contributed by atoms with Gasteiger partial charge in [0.2, 0.25) is 0 Å². The van der Waals surface area contributed by atoms with Crippen LogP contribution in [0.1, 0.15) is 37.0 Å². The Balaban J connectivity index is 1.81. The molecule has 1 aromatic carbocycles. The fourth-order valence-electron chi connectivity index (χ4n) is 3.19. The Kier molecular flexibility index (Phi) is 9.27. The molecule has 8 heteroatoms. The second-order valence-corrected chi connectivity index (χ2v) is 6.73. The van der Waals surface area contributed by atoms with Crippen LogP contribution >= 0.6 is 0 Å². The number of nitrogens with zero attached hydrogens (tertiary/aromatic N) is 2. The minimum atomic E-state index is -0.136. The van der Waals surface area contributed by atoms with Crippen LogP contribution in [0, 0.1) is 5.92 Å². The van der Waals surface area contributed by atoms with Gasteiger partial charge in [0.1, 0.15) is 5.75 Å². The van der Waals surface area contributed by atoms with Crippen LogP contribution in [0.4, 0.5) is 0 Å². The molecule has 0 saturated carbocycles. The minimum Gasteiger partial charge on any atom is -0.497 e. The highest BCUT2D eigenvalue weighted by molar-refractivity contribution is 5.94. The van der Waals surface area contributed by atoms with Crippen molar-refractivity contribution in [2.75, 3.05) is 46.4 Å². The average Bonchev–Trinajstić information content (AvgIpc) is 2.76. The maximum absolute atomic E-state index is 12.2. The van der Waals surface area contributed by atoms with Crippen molar-refractivity contribution < 1.29 is 19.1 Å². The number of benzene rings is 1. The molecule has 8 nitrogen and oxygen atoms in total. The minimum absolute atomic E-state index is 0.0298. The number of amides is 1. The Morgan fingerprint density at radius 3 is 2.41 bits per heavy atom. The molecule has 0 radical (unpaired) electrons. The first kappa shape index (κ1) is 22.5. The van der Waals surface area contributed by atoms with Gasteiger partial charge in [-0.05, 0) is 51.0 Å². The molecule has 1 aliphatic heterocycles. The zero-order valence-corrected chi connectivity index (χ0v) is 17.6. The van der Waals surface area contributed by atoms with E-state index < -0.39 is 0 Å². The van der Waals surface area contributed by atoms with Crippen molar-refractivity contribution in [3.8, 4) is 5.75 Å². The first-order valence-electron chi connectivity index (χ1n) is 10.2. The van der Waals surface area contributed by atoms with Gasteiger partial charge in [-0.3, -0.25) is 14.6 Å². The van der Waals surface area contributed by atoms with E-state index in [1.54, 1.807) is 31.4 Å². The van der Waals surface area contributed by atoms with Gasteiger partial charge in [0.15, 0.2) is 5.96 Å². The topological polar surface area (TPSA) is 92.3 Å². The van der Waals surface area contributed by atoms with Gasteiger partial charge >= 0.3 is 5.97 Å². The molecule has 0 aromatic heterocycles. The number of carbonyl (C=O) groups is 2. The van der Waals surface area contributed by atoms with Crippen LogP contribution in [0.2, 0.25) is 0 Å². The lowest BCUT2D eigenvalue weighted by Crippen LogP contribution is -2.47. The van der Waals surface area contributed by atoms with Gasteiger partial charge < -0.3 is 25.0 Å². The van der Waals surface area contributed by atoms with E-state index >= 15 is 0 Å². The number of nitrogens with one attached hydrogen (secondary N) is 2. The fourth-order valence-corrected chi connectivity index (χ4v) is 3.19. The summed E-state index contributed by atoms with van der Waals surface area (Å²) in [6, 6.07) is 6.98. The second-order valence-electron chi connectivity index (χ2n) is 6.73. The number of hydrogen-bond acceptors (Lipinski definition) is 5. The summed E-state index contributed by atoms with van der Waals surface area (Å²) >= 11 is 0. The van der Waals surface area contributed by atoms with Crippen molar-refractivity contribution in [1.82, 2.24) is 15.5 Å². The number of methoxy groups -OCH3 is 1. The summed E-state index contributed by atoms with van der Waals surface area (Å²) < 4.78 is 10.2. The summed E-state index contributed by atoms with van der Waals surface area (Å²) in [6.45, 7) is 7.46. The zero-order valence-electron chi connectivity index (χ0n) is 17.6. The molecular weight excluding hydrogens is 372 g/mol. The second kappa shape index (κ2) is 11.9. The third kappa shape index (κ3) is 6.96. The van der Waals surface area contributed by atoms with E-state index in [0.717, 1.165) is 38.4 Å². The van der Waals surface area contributed by atoms with Crippen molar-refractivity contribution >= 4 is 17.8 Å².